The standard InChI is InChI=1S/C11H18N2S/c1-8(10-3-5-12-6-4-10)11-7-13-9(2)14-11/h7-8,10,12H,3-6H2,1-2H3. The molecular formula is C11H18N2S. The Balaban J connectivity index is 2.03. The second-order valence-electron chi connectivity index (χ2n) is 4.16. The lowest BCUT2D eigenvalue weighted by Crippen LogP contribution is -2.29. The first kappa shape index (κ1) is 10.1. The summed E-state index contributed by atoms with van der Waals surface area (Å²) in [4.78, 5) is 5.80. The number of nitrogens with zero attached hydrogens (tertiary/aromatic N) is 1. The molecule has 0 radical (unpaired) electrons. The van der Waals surface area contributed by atoms with Crippen molar-refractivity contribution in [3.63, 3.8) is 0 Å². The molecule has 78 valence electrons. The van der Waals surface area contributed by atoms with Gasteiger partial charge >= 0.3 is 0 Å². The molecule has 1 aliphatic heterocycles. The van der Waals surface area contributed by atoms with Crippen LogP contribution in [-0.4, -0.2) is 18.1 Å². The summed E-state index contributed by atoms with van der Waals surface area (Å²) in [7, 11) is 0. The highest BCUT2D eigenvalue weighted by atomic mass is 32.1. The first-order valence-corrected chi connectivity index (χ1v) is 6.22. The number of piperidine rings is 1. The molecule has 3 heteroatoms. The molecular weight excluding hydrogens is 192 g/mol. The summed E-state index contributed by atoms with van der Waals surface area (Å²) >= 11 is 1.86. The number of hydrogen-bond donors (Lipinski definition) is 1. The van der Waals surface area contributed by atoms with E-state index in [1.807, 2.05) is 11.3 Å². The van der Waals surface area contributed by atoms with E-state index >= 15 is 0 Å². The largest absolute Gasteiger partial charge is 0.317 e. The van der Waals surface area contributed by atoms with Crippen LogP contribution in [0.4, 0.5) is 0 Å². The third-order valence-electron chi connectivity index (χ3n) is 3.18. The zero-order valence-electron chi connectivity index (χ0n) is 8.92. The third-order valence-corrected chi connectivity index (χ3v) is 4.29. The van der Waals surface area contributed by atoms with Crippen LogP contribution in [0.15, 0.2) is 6.20 Å². The second kappa shape index (κ2) is 4.41. The summed E-state index contributed by atoms with van der Waals surface area (Å²) in [5.74, 6) is 1.55. The maximum absolute atomic E-state index is 4.34. The first-order valence-electron chi connectivity index (χ1n) is 5.40. The van der Waals surface area contributed by atoms with Crippen molar-refractivity contribution in [1.82, 2.24) is 10.3 Å². The van der Waals surface area contributed by atoms with Crippen LogP contribution in [0, 0.1) is 12.8 Å². The number of hydrogen-bond acceptors (Lipinski definition) is 3. The number of nitrogens with one attached hydrogen (secondary N) is 1. The predicted octanol–water partition coefficient (Wildman–Crippen LogP) is 2.55. The molecule has 0 bridgehead atoms. The van der Waals surface area contributed by atoms with Crippen LogP contribution in [0.3, 0.4) is 0 Å². The van der Waals surface area contributed by atoms with E-state index in [0.29, 0.717) is 5.92 Å². The van der Waals surface area contributed by atoms with Gasteiger partial charge < -0.3 is 5.32 Å². The summed E-state index contributed by atoms with van der Waals surface area (Å²) in [6.45, 7) is 6.81. The average molecular weight is 210 g/mol. The van der Waals surface area contributed by atoms with E-state index in [4.69, 9.17) is 0 Å². The number of aromatic nitrogens is 1. The fourth-order valence-corrected chi connectivity index (χ4v) is 3.10. The van der Waals surface area contributed by atoms with Crippen molar-refractivity contribution in [2.45, 2.75) is 32.6 Å². The molecule has 1 aromatic heterocycles. The van der Waals surface area contributed by atoms with Crippen molar-refractivity contribution in [2.24, 2.45) is 5.92 Å². The minimum absolute atomic E-state index is 0.697. The molecule has 1 unspecified atom stereocenters. The van der Waals surface area contributed by atoms with Gasteiger partial charge in [0.05, 0.1) is 5.01 Å². The van der Waals surface area contributed by atoms with Gasteiger partial charge in [0.25, 0.3) is 0 Å². The smallest absolute Gasteiger partial charge is 0.0896 e. The maximum Gasteiger partial charge on any atom is 0.0896 e. The van der Waals surface area contributed by atoms with Gasteiger partial charge in [0.1, 0.15) is 0 Å². The molecule has 1 aliphatic rings. The summed E-state index contributed by atoms with van der Waals surface area (Å²) in [6.07, 6.45) is 4.70. The molecule has 1 fully saturated rings. The fourth-order valence-electron chi connectivity index (χ4n) is 2.16. The van der Waals surface area contributed by atoms with Crippen LogP contribution in [0.25, 0.3) is 0 Å². The highest BCUT2D eigenvalue weighted by Crippen LogP contribution is 2.33. The Kier molecular flexibility index (Phi) is 3.19. The monoisotopic (exact) mass is 210 g/mol. The second-order valence-corrected chi connectivity index (χ2v) is 5.42. The van der Waals surface area contributed by atoms with Crippen molar-refractivity contribution in [3.05, 3.63) is 16.1 Å². The van der Waals surface area contributed by atoms with Crippen LogP contribution in [0.1, 0.15) is 35.6 Å². The molecule has 1 atom stereocenters. The zero-order chi connectivity index (χ0) is 9.97. The highest BCUT2D eigenvalue weighted by molar-refractivity contribution is 7.11. The Hall–Kier alpha value is -0.410. The van der Waals surface area contributed by atoms with Gasteiger partial charge in [-0.1, -0.05) is 6.92 Å². The molecule has 0 aromatic carbocycles. The SMILES string of the molecule is Cc1ncc(C(C)C2CCNCC2)s1. The van der Waals surface area contributed by atoms with E-state index in [9.17, 15) is 0 Å². The molecule has 1 aromatic rings. The highest BCUT2D eigenvalue weighted by Gasteiger charge is 2.22. The Morgan fingerprint density at radius 3 is 2.79 bits per heavy atom. The summed E-state index contributed by atoms with van der Waals surface area (Å²) in [6, 6.07) is 0. The summed E-state index contributed by atoms with van der Waals surface area (Å²) in [5.41, 5.74) is 0. The van der Waals surface area contributed by atoms with Crippen molar-refractivity contribution in [1.29, 1.82) is 0 Å². The van der Waals surface area contributed by atoms with Gasteiger partial charge in [-0.3, -0.25) is 0 Å². The minimum Gasteiger partial charge on any atom is -0.317 e. The molecule has 2 nitrogen and oxygen atoms in total. The van der Waals surface area contributed by atoms with Crippen LogP contribution in [-0.2, 0) is 0 Å². The molecule has 2 rings (SSSR count). The van der Waals surface area contributed by atoms with Gasteiger partial charge in [0, 0.05) is 11.1 Å². The van der Waals surface area contributed by atoms with E-state index in [0.717, 1.165) is 5.92 Å². The molecule has 0 amide bonds. The summed E-state index contributed by atoms with van der Waals surface area (Å²) in [5, 5.41) is 4.61. The van der Waals surface area contributed by atoms with E-state index in [2.05, 4.69) is 30.3 Å². The molecule has 14 heavy (non-hydrogen) atoms. The Bertz CT molecular complexity index is 289. The van der Waals surface area contributed by atoms with Gasteiger partial charge in [-0.05, 0) is 44.7 Å². The third kappa shape index (κ3) is 2.15. The minimum atomic E-state index is 0.697. The lowest BCUT2D eigenvalue weighted by atomic mass is 9.85. The lowest BCUT2D eigenvalue weighted by molar-refractivity contribution is 0.332. The van der Waals surface area contributed by atoms with E-state index in [-0.39, 0.29) is 0 Å². The molecule has 0 spiro atoms. The van der Waals surface area contributed by atoms with E-state index in [1.165, 1.54) is 35.8 Å². The number of rotatable bonds is 2. The average Bonchev–Trinajstić information content (AvgIpc) is 2.65. The van der Waals surface area contributed by atoms with E-state index in [1.54, 1.807) is 0 Å². The van der Waals surface area contributed by atoms with Crippen LogP contribution in [0.5, 0.6) is 0 Å². The normalized spacial score (nSPS) is 21.0. The van der Waals surface area contributed by atoms with Crippen LogP contribution in [0.2, 0.25) is 0 Å². The van der Waals surface area contributed by atoms with Crippen molar-refractivity contribution >= 4 is 11.3 Å². The van der Waals surface area contributed by atoms with Crippen molar-refractivity contribution < 1.29 is 0 Å². The number of thiazole rings is 1. The fraction of sp³-hybridized carbons (Fsp3) is 0.727. The lowest BCUT2D eigenvalue weighted by Gasteiger charge is -2.27. The van der Waals surface area contributed by atoms with Gasteiger partial charge in [0.2, 0.25) is 0 Å². The van der Waals surface area contributed by atoms with Gasteiger partial charge in [-0.2, -0.15) is 0 Å². The molecule has 0 aliphatic carbocycles. The maximum atomic E-state index is 4.34. The quantitative estimate of drug-likeness (QED) is 0.811. The van der Waals surface area contributed by atoms with Gasteiger partial charge in [-0.15, -0.1) is 11.3 Å². The molecule has 2 heterocycles. The van der Waals surface area contributed by atoms with Crippen molar-refractivity contribution in [3.8, 4) is 0 Å². The Labute approximate surface area is 89.8 Å². The van der Waals surface area contributed by atoms with E-state index < -0.39 is 0 Å². The van der Waals surface area contributed by atoms with Crippen LogP contribution >= 0.6 is 11.3 Å². The number of aryl methyl sites for hydroxylation is 1. The topological polar surface area (TPSA) is 24.9 Å². The van der Waals surface area contributed by atoms with Gasteiger partial charge in [-0.25, -0.2) is 4.98 Å². The Morgan fingerprint density at radius 2 is 2.21 bits per heavy atom. The molecule has 1 N–H and O–H groups in total. The predicted molar refractivity (Wildman–Crippen MR) is 60.9 cm³/mol. The van der Waals surface area contributed by atoms with Crippen LogP contribution < -0.4 is 5.32 Å². The molecule has 0 saturated carbocycles. The molecule has 1 saturated heterocycles. The summed E-state index contributed by atoms with van der Waals surface area (Å²) < 4.78 is 0. The Morgan fingerprint density at radius 1 is 1.50 bits per heavy atom. The zero-order valence-corrected chi connectivity index (χ0v) is 9.73. The first-order chi connectivity index (χ1) is 6.77. The van der Waals surface area contributed by atoms with Crippen molar-refractivity contribution in [2.75, 3.05) is 13.1 Å². The van der Waals surface area contributed by atoms with Gasteiger partial charge in [0.15, 0.2) is 0 Å².